The fraction of sp³-hybridized carbons (Fsp3) is 0.333. The molecule has 0 saturated heterocycles. The lowest BCUT2D eigenvalue weighted by Crippen LogP contribution is -2.17. The molecule has 0 N–H and O–H groups in total. The molecule has 31 heavy (non-hydrogen) atoms. The van der Waals surface area contributed by atoms with Crippen LogP contribution in [0.3, 0.4) is 0 Å². The van der Waals surface area contributed by atoms with Gasteiger partial charge in [-0.2, -0.15) is 0 Å². The topological polar surface area (TPSA) is 34.5 Å². The minimum Gasteiger partial charge on any atom is -0.475 e. The van der Waals surface area contributed by atoms with E-state index in [1.807, 2.05) is 25.3 Å². The van der Waals surface area contributed by atoms with Crippen LogP contribution in [0.25, 0.3) is 11.1 Å². The first-order valence-electron chi connectivity index (χ1n) is 10.9. The number of pyridine rings is 1. The maximum atomic E-state index is 6.91. The number of benzene rings is 2. The van der Waals surface area contributed by atoms with E-state index in [2.05, 4.69) is 68.2 Å². The zero-order valence-corrected chi connectivity index (χ0v) is 19.4. The summed E-state index contributed by atoms with van der Waals surface area (Å²) < 4.78 is 5.90. The lowest BCUT2D eigenvalue weighted by Gasteiger charge is -2.16. The molecule has 160 valence electrons. The van der Waals surface area contributed by atoms with Gasteiger partial charge in [0.2, 0.25) is 5.90 Å². The molecule has 1 atom stereocenters. The largest absolute Gasteiger partial charge is 0.475 e. The number of aryl methyl sites for hydroxylation is 2. The second-order valence-corrected chi connectivity index (χ2v) is 9.26. The summed E-state index contributed by atoms with van der Waals surface area (Å²) in [5.74, 6) is 0.717. The van der Waals surface area contributed by atoms with E-state index in [1.165, 1.54) is 5.56 Å². The van der Waals surface area contributed by atoms with Gasteiger partial charge in [-0.05, 0) is 67.1 Å². The van der Waals surface area contributed by atoms with Crippen LogP contribution in [0, 0.1) is 6.92 Å². The Morgan fingerprint density at radius 2 is 1.77 bits per heavy atom. The molecule has 0 fully saturated rings. The summed E-state index contributed by atoms with van der Waals surface area (Å²) in [6.07, 6.45) is 4.02. The van der Waals surface area contributed by atoms with Gasteiger partial charge in [0.05, 0.1) is 10.9 Å². The predicted molar refractivity (Wildman–Crippen MR) is 129 cm³/mol. The Bertz CT molecular complexity index is 1100. The van der Waals surface area contributed by atoms with E-state index in [0.717, 1.165) is 52.3 Å². The molecule has 3 aromatic rings. The summed E-state index contributed by atoms with van der Waals surface area (Å²) in [4.78, 5) is 9.25. The number of hydrogen-bond acceptors (Lipinski definition) is 3. The van der Waals surface area contributed by atoms with E-state index in [9.17, 15) is 0 Å². The van der Waals surface area contributed by atoms with Crippen molar-refractivity contribution in [2.75, 3.05) is 6.61 Å². The molecule has 0 amide bonds. The Balaban J connectivity index is 1.65. The molecule has 4 rings (SSSR count). The number of aliphatic imine (C=N–C) groups is 1. The first-order valence-corrected chi connectivity index (χ1v) is 11.3. The van der Waals surface area contributed by atoms with Crippen molar-refractivity contribution in [3.8, 4) is 11.1 Å². The molecule has 2 heterocycles. The molecule has 4 heteroatoms. The molecule has 2 aromatic carbocycles. The Morgan fingerprint density at radius 1 is 1.06 bits per heavy atom. The molecule has 1 aromatic heterocycles. The van der Waals surface area contributed by atoms with Crippen LogP contribution in [0.4, 0.5) is 0 Å². The van der Waals surface area contributed by atoms with Crippen LogP contribution < -0.4 is 0 Å². The van der Waals surface area contributed by atoms with Gasteiger partial charge in [0.1, 0.15) is 6.61 Å². The van der Waals surface area contributed by atoms with Gasteiger partial charge in [-0.3, -0.25) is 4.98 Å². The van der Waals surface area contributed by atoms with Gasteiger partial charge in [0.25, 0.3) is 0 Å². The third-order valence-electron chi connectivity index (χ3n) is 5.59. The van der Waals surface area contributed by atoms with E-state index in [-0.39, 0.29) is 10.9 Å². The minimum absolute atomic E-state index is 0.184. The zero-order chi connectivity index (χ0) is 22.0. The fourth-order valence-electron chi connectivity index (χ4n) is 4.00. The van der Waals surface area contributed by atoms with E-state index in [4.69, 9.17) is 21.3 Å². The summed E-state index contributed by atoms with van der Waals surface area (Å²) in [7, 11) is 0. The quantitative estimate of drug-likeness (QED) is 0.397. The number of ether oxygens (including phenoxy) is 1. The van der Waals surface area contributed by atoms with Crippen LogP contribution in [0.5, 0.6) is 0 Å². The monoisotopic (exact) mass is 432 g/mol. The third kappa shape index (κ3) is 4.67. The van der Waals surface area contributed by atoms with Crippen molar-refractivity contribution < 1.29 is 4.74 Å². The van der Waals surface area contributed by atoms with Crippen molar-refractivity contribution in [3.63, 3.8) is 0 Å². The van der Waals surface area contributed by atoms with Crippen LogP contribution in [0.15, 0.2) is 65.8 Å². The molecular weight excluding hydrogens is 404 g/mol. The van der Waals surface area contributed by atoms with Crippen molar-refractivity contribution >= 4 is 17.5 Å². The smallest absolute Gasteiger partial charge is 0.217 e. The molecule has 1 unspecified atom stereocenters. The van der Waals surface area contributed by atoms with Crippen molar-refractivity contribution in [1.82, 2.24) is 4.98 Å². The summed E-state index contributed by atoms with van der Waals surface area (Å²) >= 11 is 6.91. The zero-order valence-electron chi connectivity index (χ0n) is 18.7. The highest BCUT2D eigenvalue weighted by Crippen LogP contribution is 2.34. The van der Waals surface area contributed by atoms with Gasteiger partial charge in [-0.25, -0.2) is 4.99 Å². The number of hydrogen-bond donors (Lipinski definition) is 0. The van der Waals surface area contributed by atoms with Gasteiger partial charge in [-0.1, -0.05) is 55.8 Å². The van der Waals surface area contributed by atoms with Crippen LogP contribution >= 0.6 is 11.6 Å². The molecule has 0 bridgehead atoms. The molecule has 0 aliphatic carbocycles. The molecule has 0 spiro atoms. The maximum Gasteiger partial charge on any atom is 0.217 e. The lowest BCUT2D eigenvalue weighted by atomic mass is 9.95. The van der Waals surface area contributed by atoms with Crippen LogP contribution in [-0.4, -0.2) is 23.0 Å². The van der Waals surface area contributed by atoms with Crippen molar-refractivity contribution in [3.05, 3.63) is 88.7 Å². The van der Waals surface area contributed by atoms with Gasteiger partial charge >= 0.3 is 0 Å². The van der Waals surface area contributed by atoms with Gasteiger partial charge in [0.15, 0.2) is 0 Å². The molecule has 3 nitrogen and oxygen atoms in total. The average Bonchev–Trinajstić information content (AvgIpc) is 3.13. The van der Waals surface area contributed by atoms with E-state index in [0.29, 0.717) is 6.61 Å². The van der Waals surface area contributed by atoms with E-state index < -0.39 is 0 Å². The van der Waals surface area contributed by atoms with Crippen molar-refractivity contribution in [2.45, 2.75) is 51.5 Å². The van der Waals surface area contributed by atoms with Crippen LogP contribution in [0.1, 0.15) is 60.5 Å². The number of nitrogens with zero attached hydrogens (tertiary/aromatic N) is 2. The minimum atomic E-state index is -0.220. The number of rotatable bonds is 6. The highest BCUT2D eigenvalue weighted by molar-refractivity contribution is 6.22. The third-order valence-corrected chi connectivity index (χ3v) is 6.08. The Morgan fingerprint density at radius 3 is 2.42 bits per heavy atom. The summed E-state index contributed by atoms with van der Waals surface area (Å²) in [5, 5.41) is -0.220. The van der Waals surface area contributed by atoms with Crippen LogP contribution in [0.2, 0.25) is 0 Å². The summed E-state index contributed by atoms with van der Waals surface area (Å²) in [6.45, 7) is 9.00. The Hall–Kier alpha value is -2.65. The second kappa shape index (κ2) is 8.84. The standard InChI is InChI=1S/C27H29ClN2O/c1-5-8-21-15-18(2)29-16-24(21)25(28)20-13-11-19(12-14-20)22-9-6-7-10-23(22)26-30-27(3,4)17-31-26/h6-7,9-16,25H,5,8,17H2,1-4H3. The lowest BCUT2D eigenvalue weighted by molar-refractivity contribution is 0.279. The molecule has 1 aliphatic rings. The van der Waals surface area contributed by atoms with Crippen molar-refractivity contribution in [2.24, 2.45) is 4.99 Å². The average molecular weight is 433 g/mol. The highest BCUT2D eigenvalue weighted by atomic mass is 35.5. The van der Waals surface area contributed by atoms with Gasteiger partial charge in [-0.15, -0.1) is 11.6 Å². The number of halogens is 1. The van der Waals surface area contributed by atoms with Crippen molar-refractivity contribution in [1.29, 1.82) is 0 Å². The molecular formula is C27H29ClN2O. The molecule has 0 saturated carbocycles. The van der Waals surface area contributed by atoms with E-state index >= 15 is 0 Å². The van der Waals surface area contributed by atoms with E-state index in [1.54, 1.807) is 0 Å². The maximum absolute atomic E-state index is 6.91. The van der Waals surface area contributed by atoms with Gasteiger partial charge < -0.3 is 4.74 Å². The normalized spacial score (nSPS) is 16.0. The highest BCUT2D eigenvalue weighted by Gasteiger charge is 2.28. The summed E-state index contributed by atoms with van der Waals surface area (Å²) in [6, 6.07) is 18.9. The first-order chi connectivity index (χ1) is 14.9. The fourth-order valence-corrected chi connectivity index (χ4v) is 4.34. The Labute approximate surface area is 190 Å². The summed E-state index contributed by atoms with van der Waals surface area (Å²) in [5.41, 5.74) is 7.55. The SMILES string of the molecule is CCCc1cc(C)ncc1C(Cl)c1ccc(-c2ccccc2C2=NC(C)(C)CO2)cc1. The number of alkyl halides is 1. The van der Waals surface area contributed by atoms with Crippen LogP contribution in [-0.2, 0) is 11.2 Å². The molecule has 0 radical (unpaired) electrons. The predicted octanol–water partition coefficient (Wildman–Crippen LogP) is 6.89. The Kier molecular flexibility index (Phi) is 6.15. The number of aromatic nitrogens is 1. The second-order valence-electron chi connectivity index (χ2n) is 8.82. The van der Waals surface area contributed by atoms with Gasteiger partial charge in [0, 0.05) is 17.5 Å². The first kappa shape index (κ1) is 21.6. The molecule has 1 aliphatic heterocycles.